The van der Waals surface area contributed by atoms with E-state index in [9.17, 15) is 14.9 Å². The van der Waals surface area contributed by atoms with Gasteiger partial charge < -0.3 is 15.8 Å². The molecule has 1 atom stereocenters. The van der Waals surface area contributed by atoms with Crippen molar-refractivity contribution in [1.82, 2.24) is 10.2 Å². The van der Waals surface area contributed by atoms with Crippen LogP contribution in [0.25, 0.3) is 0 Å². The van der Waals surface area contributed by atoms with Gasteiger partial charge in [0.05, 0.1) is 23.6 Å². The molecule has 1 amide bonds. The van der Waals surface area contributed by atoms with Gasteiger partial charge in [-0.15, -0.1) is 0 Å². The van der Waals surface area contributed by atoms with Gasteiger partial charge in [-0.2, -0.15) is 0 Å². The fraction of sp³-hybridized carbons (Fsp3) is 0.409. The molecule has 0 bridgehead atoms. The molecular weight excluding hydrogens is 384 g/mol. The molecule has 3 N–H and O–H groups in total. The molecule has 0 saturated carbocycles. The molecule has 0 aromatic heterocycles. The number of nitrogens with one attached hydrogen (secondary N) is 1. The number of ether oxygens (including phenoxy) is 1. The van der Waals surface area contributed by atoms with Gasteiger partial charge in [0, 0.05) is 18.2 Å². The number of piperidine rings is 1. The molecule has 0 unspecified atom stereocenters. The van der Waals surface area contributed by atoms with Gasteiger partial charge in [-0.25, -0.2) is 0 Å². The Balaban J connectivity index is 1.85. The maximum absolute atomic E-state index is 12.9. The molecule has 8 nitrogen and oxygen atoms in total. The Labute approximate surface area is 176 Å². The summed E-state index contributed by atoms with van der Waals surface area (Å²) in [4.78, 5) is 25.9. The first-order valence-electron chi connectivity index (χ1n) is 10.1. The number of hydrogen-bond donors (Lipinski definition) is 2. The van der Waals surface area contributed by atoms with Crippen LogP contribution in [0.1, 0.15) is 46.8 Å². The van der Waals surface area contributed by atoms with Gasteiger partial charge in [0.15, 0.2) is 0 Å². The number of nitrogens with two attached hydrogens (primary N) is 1. The molecule has 160 valence electrons. The zero-order valence-electron chi connectivity index (χ0n) is 17.4. The van der Waals surface area contributed by atoms with Gasteiger partial charge in [0.25, 0.3) is 11.6 Å². The summed E-state index contributed by atoms with van der Waals surface area (Å²) >= 11 is 0. The minimum atomic E-state index is -0.565. The first kappa shape index (κ1) is 21.6. The second-order valence-corrected chi connectivity index (χ2v) is 7.57. The first-order chi connectivity index (χ1) is 14.4. The third-order valence-corrected chi connectivity index (χ3v) is 5.53. The number of nitro benzene ring substituents is 1. The van der Waals surface area contributed by atoms with Crippen LogP contribution in [0.5, 0.6) is 5.75 Å². The molecule has 1 aliphatic heterocycles. The van der Waals surface area contributed by atoms with Crippen LogP contribution >= 0.6 is 0 Å². The zero-order chi connectivity index (χ0) is 21.7. The van der Waals surface area contributed by atoms with E-state index >= 15 is 0 Å². The zero-order valence-corrected chi connectivity index (χ0v) is 17.4. The smallest absolute Gasteiger partial charge is 0.293 e. The number of anilines is 1. The van der Waals surface area contributed by atoms with E-state index in [0.29, 0.717) is 12.1 Å². The van der Waals surface area contributed by atoms with E-state index in [1.807, 2.05) is 24.3 Å². The Morgan fingerprint density at radius 1 is 1.27 bits per heavy atom. The Kier molecular flexibility index (Phi) is 6.89. The predicted molar refractivity (Wildman–Crippen MR) is 116 cm³/mol. The van der Waals surface area contributed by atoms with Crippen molar-refractivity contribution in [1.29, 1.82) is 0 Å². The molecule has 1 saturated heterocycles. The molecule has 1 fully saturated rings. The number of likely N-dealkylation sites (tertiary alicyclic amines) is 1. The molecular formula is C22H28N4O4. The maximum Gasteiger partial charge on any atom is 0.293 e. The molecule has 0 aliphatic carbocycles. The Hall–Kier alpha value is -3.13. The monoisotopic (exact) mass is 412 g/mol. The van der Waals surface area contributed by atoms with E-state index in [-0.39, 0.29) is 23.0 Å². The number of nitro groups is 1. The number of carbonyl (C=O) groups is 1. The van der Waals surface area contributed by atoms with E-state index in [4.69, 9.17) is 10.5 Å². The van der Waals surface area contributed by atoms with Crippen molar-refractivity contribution >= 4 is 17.3 Å². The minimum Gasteiger partial charge on any atom is -0.496 e. The van der Waals surface area contributed by atoms with Gasteiger partial charge in [-0.3, -0.25) is 19.8 Å². The third-order valence-electron chi connectivity index (χ3n) is 5.53. The quantitative estimate of drug-likeness (QED) is 0.409. The highest BCUT2D eigenvalue weighted by molar-refractivity contribution is 6.01. The highest BCUT2D eigenvalue weighted by Crippen LogP contribution is 2.31. The molecule has 3 rings (SSSR count). The SMILES string of the molecule is COc1ccccc1[C@H](CNC(=O)c1cc(C)cc([N+](=O)[O-])c1N)N1CCCCC1. The molecule has 1 heterocycles. The normalized spacial score (nSPS) is 15.4. The summed E-state index contributed by atoms with van der Waals surface area (Å²) < 4.78 is 5.55. The average molecular weight is 412 g/mol. The third kappa shape index (κ3) is 4.71. The van der Waals surface area contributed by atoms with E-state index in [1.54, 1.807) is 20.1 Å². The molecule has 2 aromatic carbocycles. The second-order valence-electron chi connectivity index (χ2n) is 7.57. The lowest BCUT2D eigenvalue weighted by Gasteiger charge is -2.35. The number of carbonyl (C=O) groups excluding carboxylic acids is 1. The van der Waals surface area contributed by atoms with E-state index in [0.717, 1.165) is 37.2 Å². The molecule has 8 heteroatoms. The minimum absolute atomic E-state index is 0.0635. The largest absolute Gasteiger partial charge is 0.496 e. The number of amides is 1. The van der Waals surface area contributed by atoms with Crippen molar-refractivity contribution < 1.29 is 14.5 Å². The number of rotatable bonds is 7. The van der Waals surface area contributed by atoms with Crippen LogP contribution in [0.15, 0.2) is 36.4 Å². The second kappa shape index (κ2) is 9.58. The van der Waals surface area contributed by atoms with E-state index in [1.165, 1.54) is 12.5 Å². The predicted octanol–water partition coefficient (Wildman–Crippen LogP) is 3.45. The van der Waals surface area contributed by atoms with Crippen molar-refractivity contribution in [3.05, 3.63) is 63.2 Å². The standard InChI is InChI=1S/C22H28N4O4/c1-15-12-17(21(23)18(13-15)26(28)29)22(27)24-14-19(25-10-6-3-7-11-25)16-8-4-5-9-20(16)30-2/h4-5,8-9,12-13,19H,3,6-7,10-11,14,23H2,1-2H3,(H,24,27)/t19-/m0/s1. The number of nitrogens with zero attached hydrogens (tertiary/aromatic N) is 2. The lowest BCUT2D eigenvalue weighted by molar-refractivity contribution is -0.384. The van der Waals surface area contributed by atoms with Gasteiger partial charge in [0.2, 0.25) is 0 Å². The average Bonchev–Trinajstić information content (AvgIpc) is 2.76. The van der Waals surface area contributed by atoms with Gasteiger partial charge in [-0.05, 0) is 50.6 Å². The maximum atomic E-state index is 12.9. The topological polar surface area (TPSA) is 111 Å². The van der Waals surface area contributed by atoms with E-state index in [2.05, 4.69) is 10.2 Å². The van der Waals surface area contributed by atoms with Gasteiger partial charge in [0.1, 0.15) is 11.4 Å². The number of nitrogen functional groups attached to an aromatic ring is 1. The van der Waals surface area contributed by atoms with Crippen molar-refractivity contribution in [3.8, 4) is 5.75 Å². The number of para-hydroxylation sites is 1. The van der Waals surface area contributed by atoms with Crippen LogP contribution in [-0.4, -0.2) is 42.5 Å². The van der Waals surface area contributed by atoms with Crippen LogP contribution in [-0.2, 0) is 0 Å². The fourth-order valence-corrected chi connectivity index (χ4v) is 4.01. The molecule has 30 heavy (non-hydrogen) atoms. The van der Waals surface area contributed by atoms with Crippen LogP contribution in [0.4, 0.5) is 11.4 Å². The Morgan fingerprint density at radius 2 is 1.97 bits per heavy atom. The molecule has 0 radical (unpaired) electrons. The summed E-state index contributed by atoms with van der Waals surface area (Å²) in [5, 5.41) is 14.2. The van der Waals surface area contributed by atoms with E-state index < -0.39 is 10.8 Å². The van der Waals surface area contributed by atoms with Crippen molar-refractivity contribution in [2.24, 2.45) is 0 Å². The Morgan fingerprint density at radius 3 is 2.63 bits per heavy atom. The fourth-order valence-electron chi connectivity index (χ4n) is 4.01. The molecule has 0 spiro atoms. The lowest BCUT2D eigenvalue weighted by Crippen LogP contribution is -2.41. The highest BCUT2D eigenvalue weighted by atomic mass is 16.6. The summed E-state index contributed by atoms with van der Waals surface area (Å²) in [5.41, 5.74) is 7.30. The number of hydrogen-bond acceptors (Lipinski definition) is 6. The molecule has 1 aliphatic rings. The Bertz CT molecular complexity index is 925. The first-order valence-corrected chi connectivity index (χ1v) is 10.1. The molecule has 2 aromatic rings. The van der Waals surface area contributed by atoms with Gasteiger partial charge >= 0.3 is 0 Å². The van der Waals surface area contributed by atoms with Crippen LogP contribution in [0, 0.1) is 17.0 Å². The number of aryl methyl sites for hydroxylation is 1. The summed E-state index contributed by atoms with van der Waals surface area (Å²) in [6.07, 6.45) is 3.41. The highest BCUT2D eigenvalue weighted by Gasteiger charge is 2.27. The van der Waals surface area contributed by atoms with Crippen molar-refractivity contribution in [3.63, 3.8) is 0 Å². The van der Waals surface area contributed by atoms with Crippen LogP contribution < -0.4 is 15.8 Å². The lowest BCUT2D eigenvalue weighted by atomic mass is 10.00. The summed E-state index contributed by atoms with van der Waals surface area (Å²) in [6, 6.07) is 10.7. The van der Waals surface area contributed by atoms with Crippen molar-refractivity contribution in [2.75, 3.05) is 32.5 Å². The summed E-state index contributed by atoms with van der Waals surface area (Å²) in [5.74, 6) is 0.351. The number of benzene rings is 2. The van der Waals surface area contributed by atoms with Crippen LogP contribution in [0.3, 0.4) is 0 Å². The summed E-state index contributed by atoms with van der Waals surface area (Å²) in [7, 11) is 1.64. The van der Waals surface area contributed by atoms with Crippen molar-refractivity contribution in [2.45, 2.75) is 32.2 Å². The van der Waals surface area contributed by atoms with Gasteiger partial charge in [-0.1, -0.05) is 24.6 Å². The summed E-state index contributed by atoms with van der Waals surface area (Å²) in [6.45, 7) is 3.93. The number of methoxy groups -OCH3 is 1. The van der Waals surface area contributed by atoms with Crippen LogP contribution in [0.2, 0.25) is 0 Å².